The second-order valence-corrected chi connectivity index (χ2v) is 7.12. The fourth-order valence-corrected chi connectivity index (χ4v) is 3.10. The summed E-state index contributed by atoms with van der Waals surface area (Å²) in [5.74, 6) is 1.56. The number of furan rings is 1. The van der Waals surface area contributed by atoms with Crippen LogP contribution < -0.4 is 10.1 Å². The molecule has 7 heteroatoms. The SMILES string of the molecule is Cc1cc(OCc2cccc(F)c2)ccc1NC(=O)Cc1nc(-c2ccco2)oc1C. The van der Waals surface area contributed by atoms with Crippen LogP contribution in [0.5, 0.6) is 5.75 Å². The molecule has 1 N–H and O–H groups in total. The van der Waals surface area contributed by atoms with E-state index in [-0.39, 0.29) is 24.8 Å². The minimum absolute atomic E-state index is 0.0767. The summed E-state index contributed by atoms with van der Waals surface area (Å²) >= 11 is 0. The van der Waals surface area contributed by atoms with Crippen LogP contribution in [-0.2, 0) is 17.8 Å². The molecule has 2 aromatic carbocycles. The summed E-state index contributed by atoms with van der Waals surface area (Å²) in [6, 6.07) is 15.1. The van der Waals surface area contributed by atoms with Gasteiger partial charge in [-0.25, -0.2) is 9.37 Å². The molecule has 0 atom stereocenters. The van der Waals surface area contributed by atoms with Crippen molar-refractivity contribution >= 4 is 11.6 Å². The Morgan fingerprint density at radius 2 is 2.00 bits per heavy atom. The summed E-state index contributed by atoms with van der Waals surface area (Å²) in [6.45, 7) is 3.89. The lowest BCUT2D eigenvalue weighted by Crippen LogP contribution is -2.16. The molecule has 0 fully saturated rings. The maximum absolute atomic E-state index is 13.3. The van der Waals surface area contributed by atoms with Gasteiger partial charge in [0.2, 0.25) is 5.91 Å². The molecule has 0 aliphatic heterocycles. The summed E-state index contributed by atoms with van der Waals surface area (Å²) in [6.07, 6.45) is 1.61. The van der Waals surface area contributed by atoms with Crippen LogP contribution in [-0.4, -0.2) is 10.9 Å². The highest BCUT2D eigenvalue weighted by Gasteiger charge is 2.16. The van der Waals surface area contributed by atoms with Crippen molar-refractivity contribution in [3.05, 3.63) is 89.3 Å². The van der Waals surface area contributed by atoms with Crippen LogP contribution >= 0.6 is 0 Å². The van der Waals surface area contributed by atoms with Gasteiger partial charge in [0, 0.05) is 5.69 Å². The molecule has 2 aromatic heterocycles. The van der Waals surface area contributed by atoms with E-state index in [1.807, 2.05) is 13.0 Å². The molecule has 158 valence electrons. The third-order valence-electron chi connectivity index (χ3n) is 4.72. The fourth-order valence-electron chi connectivity index (χ4n) is 3.10. The number of hydrogen-bond donors (Lipinski definition) is 1. The molecular formula is C24H21FN2O4. The van der Waals surface area contributed by atoms with Gasteiger partial charge in [0.05, 0.1) is 18.4 Å². The van der Waals surface area contributed by atoms with Crippen LogP contribution in [0.4, 0.5) is 10.1 Å². The first kappa shape index (κ1) is 20.4. The van der Waals surface area contributed by atoms with E-state index in [0.29, 0.717) is 34.5 Å². The monoisotopic (exact) mass is 420 g/mol. The second-order valence-electron chi connectivity index (χ2n) is 7.12. The Kier molecular flexibility index (Phi) is 5.84. The van der Waals surface area contributed by atoms with E-state index >= 15 is 0 Å². The quantitative estimate of drug-likeness (QED) is 0.430. The Labute approximate surface area is 178 Å². The van der Waals surface area contributed by atoms with Crippen LogP contribution in [0.25, 0.3) is 11.7 Å². The van der Waals surface area contributed by atoms with Crippen LogP contribution in [0.1, 0.15) is 22.6 Å². The maximum atomic E-state index is 13.3. The maximum Gasteiger partial charge on any atom is 0.263 e. The molecule has 0 aliphatic carbocycles. The van der Waals surface area contributed by atoms with Crippen molar-refractivity contribution in [3.63, 3.8) is 0 Å². The molecule has 1 amide bonds. The lowest BCUT2D eigenvalue weighted by molar-refractivity contribution is -0.115. The minimum atomic E-state index is -0.297. The third-order valence-corrected chi connectivity index (χ3v) is 4.72. The number of ether oxygens (including phenoxy) is 1. The highest BCUT2D eigenvalue weighted by Crippen LogP contribution is 2.24. The van der Waals surface area contributed by atoms with E-state index < -0.39 is 0 Å². The van der Waals surface area contributed by atoms with Crippen LogP contribution in [0, 0.1) is 19.7 Å². The van der Waals surface area contributed by atoms with Crippen LogP contribution in [0.2, 0.25) is 0 Å². The molecule has 4 aromatic rings. The van der Waals surface area contributed by atoms with Gasteiger partial charge >= 0.3 is 0 Å². The van der Waals surface area contributed by atoms with Gasteiger partial charge in [-0.1, -0.05) is 12.1 Å². The molecule has 2 heterocycles. The van der Waals surface area contributed by atoms with Crippen LogP contribution in [0.3, 0.4) is 0 Å². The van der Waals surface area contributed by atoms with Gasteiger partial charge in [0.1, 0.15) is 23.9 Å². The largest absolute Gasteiger partial charge is 0.489 e. The molecular weight excluding hydrogens is 399 g/mol. The van der Waals surface area contributed by atoms with Crippen molar-refractivity contribution in [2.45, 2.75) is 26.9 Å². The smallest absolute Gasteiger partial charge is 0.263 e. The van der Waals surface area contributed by atoms with Gasteiger partial charge in [-0.3, -0.25) is 4.79 Å². The first-order valence-electron chi connectivity index (χ1n) is 9.76. The van der Waals surface area contributed by atoms with E-state index in [2.05, 4.69) is 10.3 Å². The molecule has 0 unspecified atom stereocenters. The van der Waals surface area contributed by atoms with E-state index in [0.717, 1.165) is 11.1 Å². The second kappa shape index (κ2) is 8.87. The number of amides is 1. The van der Waals surface area contributed by atoms with E-state index in [1.165, 1.54) is 18.4 Å². The number of carbonyl (C=O) groups is 1. The van der Waals surface area contributed by atoms with Gasteiger partial charge in [-0.2, -0.15) is 0 Å². The number of nitrogens with one attached hydrogen (secondary N) is 1. The standard InChI is InChI=1S/C24H21FN2O4/c1-15-11-19(30-14-17-5-3-6-18(25)12-17)8-9-20(15)26-23(28)13-21-16(2)31-24(27-21)22-7-4-10-29-22/h3-12H,13-14H2,1-2H3,(H,26,28). The van der Waals surface area contributed by atoms with E-state index in [1.54, 1.807) is 43.3 Å². The number of benzene rings is 2. The van der Waals surface area contributed by atoms with Crippen molar-refractivity contribution in [1.82, 2.24) is 4.98 Å². The Hall–Kier alpha value is -3.87. The molecule has 4 rings (SSSR count). The predicted molar refractivity (Wildman–Crippen MR) is 113 cm³/mol. The lowest BCUT2D eigenvalue weighted by atomic mass is 10.1. The molecule has 0 bridgehead atoms. The Bertz CT molecular complexity index is 1200. The number of halogens is 1. The highest BCUT2D eigenvalue weighted by molar-refractivity contribution is 5.93. The molecule has 6 nitrogen and oxygen atoms in total. The summed E-state index contributed by atoms with van der Waals surface area (Å²) in [5, 5.41) is 2.89. The van der Waals surface area contributed by atoms with Crippen molar-refractivity contribution in [2.75, 3.05) is 5.32 Å². The van der Waals surface area contributed by atoms with Gasteiger partial charge in [0.15, 0.2) is 5.76 Å². The number of oxazole rings is 1. The van der Waals surface area contributed by atoms with Crippen molar-refractivity contribution in [3.8, 4) is 17.4 Å². The molecule has 0 radical (unpaired) electrons. The summed E-state index contributed by atoms with van der Waals surface area (Å²) < 4.78 is 29.9. The molecule has 0 saturated carbocycles. The Balaban J connectivity index is 1.37. The van der Waals surface area contributed by atoms with Gasteiger partial charge in [-0.05, 0) is 67.4 Å². The van der Waals surface area contributed by atoms with Crippen molar-refractivity contribution in [1.29, 1.82) is 0 Å². The summed E-state index contributed by atoms with van der Waals surface area (Å²) in [5.41, 5.74) is 2.82. The Morgan fingerprint density at radius 1 is 1.13 bits per heavy atom. The van der Waals surface area contributed by atoms with Crippen molar-refractivity contribution in [2.24, 2.45) is 0 Å². The number of aromatic nitrogens is 1. The number of hydrogen-bond acceptors (Lipinski definition) is 5. The van der Waals surface area contributed by atoms with Gasteiger partial charge in [-0.15, -0.1) is 0 Å². The molecule has 0 spiro atoms. The van der Waals surface area contributed by atoms with Crippen LogP contribution in [0.15, 0.2) is 69.7 Å². The minimum Gasteiger partial charge on any atom is -0.489 e. The van der Waals surface area contributed by atoms with E-state index in [4.69, 9.17) is 13.6 Å². The van der Waals surface area contributed by atoms with Gasteiger partial charge in [0.25, 0.3) is 5.89 Å². The predicted octanol–water partition coefficient (Wildman–Crippen LogP) is 5.45. The average Bonchev–Trinajstić information content (AvgIpc) is 3.39. The van der Waals surface area contributed by atoms with Crippen molar-refractivity contribution < 1.29 is 22.8 Å². The molecule has 0 saturated heterocycles. The zero-order chi connectivity index (χ0) is 21.8. The number of anilines is 1. The number of aryl methyl sites for hydroxylation is 2. The topological polar surface area (TPSA) is 77.5 Å². The molecule has 31 heavy (non-hydrogen) atoms. The number of carbonyl (C=O) groups excluding carboxylic acids is 1. The molecule has 0 aliphatic rings. The number of nitrogens with zero attached hydrogens (tertiary/aromatic N) is 1. The zero-order valence-electron chi connectivity index (χ0n) is 17.1. The first-order valence-corrected chi connectivity index (χ1v) is 9.76. The van der Waals surface area contributed by atoms with Gasteiger partial charge < -0.3 is 18.9 Å². The lowest BCUT2D eigenvalue weighted by Gasteiger charge is -2.11. The third kappa shape index (κ3) is 5.01. The summed E-state index contributed by atoms with van der Waals surface area (Å²) in [7, 11) is 0. The van der Waals surface area contributed by atoms with E-state index in [9.17, 15) is 9.18 Å². The number of rotatable bonds is 7. The highest BCUT2D eigenvalue weighted by atomic mass is 19.1. The zero-order valence-corrected chi connectivity index (χ0v) is 17.1. The Morgan fingerprint density at radius 3 is 2.74 bits per heavy atom. The fraction of sp³-hybridized carbons (Fsp3) is 0.167. The first-order chi connectivity index (χ1) is 15.0. The normalized spacial score (nSPS) is 10.8. The summed E-state index contributed by atoms with van der Waals surface area (Å²) in [4.78, 5) is 16.9. The average molecular weight is 420 g/mol.